The summed E-state index contributed by atoms with van der Waals surface area (Å²) in [5, 5.41) is 14.4. The molecule has 4 rings (SSSR count). The summed E-state index contributed by atoms with van der Waals surface area (Å²) in [7, 11) is 4.56. The minimum Gasteiger partial charge on any atom is -0.495 e. The van der Waals surface area contributed by atoms with Gasteiger partial charge in [0.1, 0.15) is 34.7 Å². The van der Waals surface area contributed by atoms with Gasteiger partial charge in [-0.3, -0.25) is 14.9 Å². The molecule has 3 heterocycles. The highest BCUT2D eigenvalue weighted by atomic mass is 35.5. The molecule has 0 spiro atoms. The van der Waals surface area contributed by atoms with Crippen molar-refractivity contribution in [3.8, 4) is 5.75 Å². The van der Waals surface area contributed by atoms with Gasteiger partial charge in [-0.15, -0.1) is 0 Å². The van der Waals surface area contributed by atoms with Crippen molar-refractivity contribution < 1.29 is 43.2 Å². The summed E-state index contributed by atoms with van der Waals surface area (Å²) in [4.78, 5) is 40.7. The molecule has 2 fully saturated rings. The summed E-state index contributed by atoms with van der Waals surface area (Å²) in [5.41, 5.74) is -0.587. The van der Waals surface area contributed by atoms with Crippen molar-refractivity contribution in [1.29, 1.82) is 0 Å². The maximum absolute atomic E-state index is 13.8. The zero-order chi connectivity index (χ0) is 32.6. The molecule has 3 aliphatic heterocycles. The van der Waals surface area contributed by atoms with Crippen LogP contribution in [-0.4, -0.2) is 80.1 Å². The van der Waals surface area contributed by atoms with Gasteiger partial charge in [0.05, 0.1) is 31.2 Å². The number of amides is 2. The summed E-state index contributed by atoms with van der Waals surface area (Å²) < 4.78 is 28.8. The standard InChI is InChI=1S/C32H43ClN2O9/c1-17(2)29(37)43-25-15-26(36)35(6)21-13-20(14-22(40-7)27(21)33)12-18(3)10-9-11-24(41-8)32(39)16-23(42-30(38)34-32)19(4)28-31(25,5)44-28/h9-11,13-14,17,19,23-25,28,39H,12,15-16H2,1-8H3,(H,34,38)/b11-9+,18-10+/t19-,23+,24-,25-,28-,31-,32+/m0/s1. The van der Waals surface area contributed by atoms with E-state index >= 15 is 0 Å². The number of nitrogens with one attached hydrogen (secondary N) is 1. The molecule has 44 heavy (non-hydrogen) atoms. The Morgan fingerprint density at radius 3 is 2.59 bits per heavy atom. The van der Waals surface area contributed by atoms with Crippen LogP contribution in [0.4, 0.5) is 10.5 Å². The number of hydrogen-bond acceptors (Lipinski definition) is 9. The van der Waals surface area contributed by atoms with Gasteiger partial charge in [0.15, 0.2) is 5.72 Å². The Morgan fingerprint density at radius 1 is 1.25 bits per heavy atom. The molecule has 7 atom stereocenters. The minimum absolute atomic E-state index is 0.00361. The highest BCUT2D eigenvalue weighted by Gasteiger charge is 2.64. The van der Waals surface area contributed by atoms with Crippen LogP contribution in [0.5, 0.6) is 5.75 Å². The van der Waals surface area contributed by atoms with Gasteiger partial charge in [-0.25, -0.2) is 4.79 Å². The molecular formula is C32H43ClN2O9. The summed E-state index contributed by atoms with van der Waals surface area (Å²) in [6, 6.07) is 3.63. The lowest BCUT2D eigenvalue weighted by atomic mass is 9.83. The summed E-state index contributed by atoms with van der Waals surface area (Å²) >= 11 is 6.68. The molecule has 3 aliphatic rings. The fourth-order valence-corrected chi connectivity index (χ4v) is 6.19. The predicted octanol–water partition coefficient (Wildman–Crippen LogP) is 4.32. The van der Waals surface area contributed by atoms with E-state index in [1.165, 1.54) is 19.1 Å². The zero-order valence-electron chi connectivity index (χ0n) is 26.5. The highest BCUT2D eigenvalue weighted by Crippen LogP contribution is 2.49. The Morgan fingerprint density at radius 2 is 1.95 bits per heavy atom. The van der Waals surface area contributed by atoms with Crippen LogP contribution in [0.1, 0.15) is 53.0 Å². The number of benzene rings is 1. The number of esters is 1. The molecular weight excluding hydrogens is 592 g/mol. The first-order valence-corrected chi connectivity index (χ1v) is 15.1. The zero-order valence-corrected chi connectivity index (χ0v) is 27.3. The number of epoxide rings is 1. The molecule has 1 aromatic carbocycles. The number of aliphatic hydroxyl groups is 1. The minimum atomic E-state index is -1.77. The highest BCUT2D eigenvalue weighted by molar-refractivity contribution is 6.35. The van der Waals surface area contributed by atoms with Crippen LogP contribution in [0.2, 0.25) is 5.02 Å². The monoisotopic (exact) mass is 634 g/mol. The van der Waals surface area contributed by atoms with Gasteiger partial charge < -0.3 is 33.7 Å². The van der Waals surface area contributed by atoms with E-state index in [0.717, 1.165) is 11.1 Å². The van der Waals surface area contributed by atoms with Crippen LogP contribution in [0, 0.1) is 11.8 Å². The number of ether oxygens (including phenoxy) is 5. The molecule has 2 N–H and O–H groups in total. The van der Waals surface area contributed by atoms with Gasteiger partial charge in [0.25, 0.3) is 0 Å². The first kappa shape index (κ1) is 33.8. The number of halogens is 1. The Bertz CT molecular complexity index is 1350. The SMILES string of the molecule is COc1cc2cc(c1Cl)N(C)C(=O)C[C@H](OC(=O)C(C)C)[C@]1(C)O[C@H]1[C@@H](C)[C@H]1C[C@](O)(NC(=O)O1)[C@@H](OC)/C=C/C=C(\C)C2. The molecule has 1 aromatic rings. The first-order chi connectivity index (χ1) is 20.6. The largest absolute Gasteiger partial charge is 0.495 e. The van der Waals surface area contributed by atoms with Gasteiger partial charge in [-0.1, -0.05) is 56.2 Å². The van der Waals surface area contributed by atoms with E-state index in [1.807, 2.05) is 32.1 Å². The number of anilines is 1. The Balaban J connectivity index is 1.80. The number of fused-ring (bicyclic) bond motifs is 5. The smallest absolute Gasteiger partial charge is 0.409 e. The van der Waals surface area contributed by atoms with Crippen LogP contribution < -0.4 is 15.0 Å². The van der Waals surface area contributed by atoms with Crippen molar-refractivity contribution in [2.45, 2.75) is 89.6 Å². The van der Waals surface area contributed by atoms with Gasteiger partial charge >= 0.3 is 12.1 Å². The fraction of sp³-hybridized carbons (Fsp3) is 0.594. The van der Waals surface area contributed by atoms with E-state index in [1.54, 1.807) is 40.0 Å². The first-order valence-electron chi connectivity index (χ1n) is 14.7. The van der Waals surface area contributed by atoms with Gasteiger partial charge in [-0.05, 0) is 38.0 Å². The molecule has 0 radical (unpaired) electrons. The molecule has 242 valence electrons. The van der Waals surface area contributed by atoms with Gasteiger partial charge in [-0.2, -0.15) is 0 Å². The molecule has 4 bridgehead atoms. The molecule has 0 aliphatic carbocycles. The molecule has 11 nitrogen and oxygen atoms in total. The number of methoxy groups -OCH3 is 2. The van der Waals surface area contributed by atoms with Crippen molar-refractivity contribution in [2.75, 3.05) is 26.2 Å². The van der Waals surface area contributed by atoms with Gasteiger partial charge in [0, 0.05) is 26.5 Å². The molecule has 0 aromatic heterocycles. The van der Waals surface area contributed by atoms with E-state index in [4.69, 9.17) is 35.3 Å². The maximum atomic E-state index is 13.8. The molecule has 0 saturated carbocycles. The average Bonchev–Trinajstić information content (AvgIpc) is 3.66. The second-order valence-electron chi connectivity index (χ2n) is 12.4. The van der Waals surface area contributed by atoms with Gasteiger partial charge in [0.2, 0.25) is 5.91 Å². The Hall–Kier alpha value is -3.12. The van der Waals surface area contributed by atoms with Crippen molar-refractivity contribution in [3.63, 3.8) is 0 Å². The average molecular weight is 635 g/mol. The second kappa shape index (κ2) is 13.1. The number of allylic oxidation sites excluding steroid dienone is 3. The number of hydrogen-bond donors (Lipinski definition) is 2. The fourth-order valence-electron chi connectivity index (χ4n) is 5.88. The maximum Gasteiger partial charge on any atom is 0.409 e. The van der Waals surface area contributed by atoms with Crippen LogP contribution in [0.25, 0.3) is 0 Å². The van der Waals surface area contributed by atoms with E-state index in [9.17, 15) is 19.5 Å². The third-order valence-corrected chi connectivity index (χ3v) is 9.06. The van der Waals surface area contributed by atoms with Crippen molar-refractivity contribution in [3.05, 3.63) is 46.5 Å². The Labute approximate surface area is 263 Å². The summed E-state index contributed by atoms with van der Waals surface area (Å²) in [6.45, 7) is 8.95. The summed E-state index contributed by atoms with van der Waals surface area (Å²) in [6.07, 6.45) is 1.65. The van der Waals surface area contributed by atoms with Crippen molar-refractivity contribution in [1.82, 2.24) is 5.32 Å². The number of carbonyl (C=O) groups is 3. The quantitative estimate of drug-likeness (QED) is 0.366. The van der Waals surface area contributed by atoms with E-state index in [2.05, 4.69) is 5.32 Å². The number of carbonyl (C=O) groups excluding carboxylic acids is 3. The number of alkyl carbamates (subject to hydrolysis) is 1. The normalized spacial score (nSPS) is 34.7. The lowest BCUT2D eigenvalue weighted by molar-refractivity contribution is -0.157. The summed E-state index contributed by atoms with van der Waals surface area (Å²) in [5.74, 6) is -1.30. The third kappa shape index (κ3) is 6.91. The molecule has 12 heteroatoms. The van der Waals surface area contributed by atoms with Crippen LogP contribution >= 0.6 is 11.6 Å². The van der Waals surface area contributed by atoms with Crippen molar-refractivity contribution >= 4 is 35.3 Å². The second-order valence-corrected chi connectivity index (χ2v) is 12.8. The lowest BCUT2D eigenvalue weighted by Crippen LogP contribution is -2.63. The lowest BCUT2D eigenvalue weighted by Gasteiger charge is -2.42. The van der Waals surface area contributed by atoms with Crippen molar-refractivity contribution in [2.24, 2.45) is 11.8 Å². The topological polar surface area (TPSA) is 136 Å². The van der Waals surface area contributed by atoms with E-state index in [0.29, 0.717) is 17.9 Å². The van der Waals surface area contributed by atoms with E-state index in [-0.39, 0.29) is 23.8 Å². The number of rotatable bonds is 4. The Kier molecular flexibility index (Phi) is 10.0. The van der Waals surface area contributed by atoms with Crippen LogP contribution in [-0.2, 0) is 35.0 Å². The molecule has 0 unspecified atom stereocenters. The van der Waals surface area contributed by atoms with Crippen LogP contribution in [0.15, 0.2) is 35.9 Å². The number of nitrogens with zero attached hydrogens (tertiary/aromatic N) is 1. The third-order valence-electron chi connectivity index (χ3n) is 8.68. The van der Waals surface area contributed by atoms with Crippen LogP contribution in [0.3, 0.4) is 0 Å². The molecule has 2 saturated heterocycles. The predicted molar refractivity (Wildman–Crippen MR) is 164 cm³/mol. The molecule has 2 amide bonds. The van der Waals surface area contributed by atoms with E-state index < -0.39 is 59.6 Å².